The Morgan fingerprint density at radius 2 is 1.27 bits per heavy atom. The molecule has 11 heavy (non-hydrogen) atoms. The van der Waals surface area contributed by atoms with Crippen LogP contribution in [0, 0.1) is 15.3 Å². The fraction of sp³-hybridized carbons (Fsp3) is 0. The van der Waals surface area contributed by atoms with Crippen LogP contribution in [-0.4, -0.2) is 22.6 Å². The van der Waals surface area contributed by atoms with E-state index in [9.17, 15) is 0 Å². The van der Waals surface area contributed by atoms with E-state index in [4.69, 9.17) is 32.8 Å². The molecule has 0 aromatic rings. The smallest absolute Gasteiger partial charge is 0.726 e. The van der Waals surface area contributed by atoms with Crippen LogP contribution in [0.5, 0.6) is 0 Å². The van der Waals surface area contributed by atoms with E-state index in [0.29, 0.717) is 0 Å². The molecule has 0 heterocycles. The second kappa shape index (κ2) is 10.7. The summed E-state index contributed by atoms with van der Waals surface area (Å²) in [5.74, 6) is 0. The summed E-state index contributed by atoms with van der Waals surface area (Å²) in [4.78, 5) is 8.25. The topological polar surface area (TPSA) is 180 Å². The average molecular weight is 216 g/mol. The fourth-order valence-corrected chi connectivity index (χ4v) is 0. The molecule has 0 bridgehead atoms. The second-order valence-electron chi connectivity index (χ2n) is 0.651. The Hall–Kier alpha value is 0.666. The largest absolute Gasteiger partial charge is 1.00 e. The molecular formula is H5KN2O7S. The van der Waals surface area contributed by atoms with Crippen LogP contribution >= 0.6 is 0 Å². The predicted molar refractivity (Wildman–Crippen MR) is 28.7 cm³/mol. The molecule has 0 saturated heterocycles. The standard InChI is InChI=1S/K.NO3.H3N.H2O4S/c;2-1(3)4;;1-5(2,3)4/h;;1H3;(H2,1,2,3,4)/q+1;-1;;. The number of hydrogen-bond donors (Lipinski definition) is 2. The normalized spacial score (nSPS) is 7.45. The van der Waals surface area contributed by atoms with E-state index in [1.54, 1.807) is 0 Å². The SMILES string of the molecule is O=S(=O)([O-])O.O=[N+]([O-])[O-].[K+].[NH4+]. The molecule has 0 rings (SSSR count). The Morgan fingerprint density at radius 3 is 1.27 bits per heavy atom. The van der Waals surface area contributed by atoms with Crippen molar-refractivity contribution in [3.63, 3.8) is 0 Å². The third kappa shape index (κ3) is 1800. The predicted octanol–water partition coefficient (Wildman–Crippen LogP) is -3.85. The third-order valence-corrected chi connectivity index (χ3v) is 0. The van der Waals surface area contributed by atoms with Gasteiger partial charge in [0.25, 0.3) is 0 Å². The molecule has 0 aromatic heterocycles. The summed E-state index contributed by atoms with van der Waals surface area (Å²) < 4.78 is 32.8. The van der Waals surface area contributed by atoms with E-state index in [1.807, 2.05) is 0 Å². The Kier molecular flexibility index (Phi) is 21.9. The average Bonchev–Trinajstić information content (AvgIpc) is 1.19. The molecule has 0 aromatic carbocycles. The molecule has 0 atom stereocenters. The molecule has 0 aliphatic heterocycles. The summed E-state index contributed by atoms with van der Waals surface area (Å²) in [5.41, 5.74) is 0. The molecule has 0 amide bonds. The molecule has 0 unspecified atom stereocenters. The van der Waals surface area contributed by atoms with Crippen molar-refractivity contribution in [3.05, 3.63) is 15.3 Å². The van der Waals surface area contributed by atoms with Gasteiger partial charge in [-0.15, -0.1) is 0 Å². The Bertz CT molecular complexity index is 159. The van der Waals surface area contributed by atoms with Crippen molar-refractivity contribution >= 4 is 10.4 Å². The molecule has 5 N–H and O–H groups in total. The molecule has 0 radical (unpaired) electrons. The number of quaternary nitrogens is 1. The molecule has 0 saturated carbocycles. The fourth-order valence-electron chi connectivity index (χ4n) is 0. The maximum atomic E-state index is 8.63. The first-order chi connectivity index (χ1) is 3.73. The van der Waals surface area contributed by atoms with Gasteiger partial charge in [0.1, 0.15) is 0 Å². The van der Waals surface area contributed by atoms with Crippen LogP contribution in [0.25, 0.3) is 0 Å². The van der Waals surface area contributed by atoms with Crippen molar-refractivity contribution in [2.75, 3.05) is 0 Å². The zero-order chi connectivity index (χ0) is 8.08. The first-order valence-corrected chi connectivity index (χ1v) is 2.60. The first kappa shape index (κ1) is 22.6. The zero-order valence-electron chi connectivity index (χ0n) is 5.75. The second-order valence-corrected chi connectivity index (χ2v) is 1.51. The van der Waals surface area contributed by atoms with Crippen LogP contribution in [0.3, 0.4) is 0 Å². The Balaban J connectivity index is -0.0000000383. The maximum absolute atomic E-state index is 8.63. The monoisotopic (exact) mass is 216 g/mol. The Morgan fingerprint density at radius 1 is 1.27 bits per heavy atom. The zero-order valence-corrected chi connectivity index (χ0v) is 9.69. The van der Waals surface area contributed by atoms with Gasteiger partial charge in [-0.3, -0.25) is 4.55 Å². The van der Waals surface area contributed by atoms with E-state index in [1.165, 1.54) is 0 Å². The molecule has 64 valence electrons. The van der Waals surface area contributed by atoms with Gasteiger partial charge in [0.05, 0.1) is 5.09 Å². The molecular weight excluding hydrogens is 211 g/mol. The van der Waals surface area contributed by atoms with Crippen molar-refractivity contribution in [1.82, 2.24) is 6.15 Å². The molecule has 0 spiro atoms. The van der Waals surface area contributed by atoms with Gasteiger partial charge in [0.15, 0.2) is 0 Å². The van der Waals surface area contributed by atoms with Crippen LogP contribution < -0.4 is 57.5 Å². The van der Waals surface area contributed by atoms with Crippen molar-refractivity contribution in [2.24, 2.45) is 0 Å². The summed E-state index contributed by atoms with van der Waals surface area (Å²) in [6, 6.07) is 0. The maximum Gasteiger partial charge on any atom is 1.00 e. The van der Waals surface area contributed by atoms with Crippen LogP contribution in [-0.2, 0) is 10.4 Å². The summed E-state index contributed by atoms with van der Waals surface area (Å²) in [7, 11) is -4.92. The van der Waals surface area contributed by atoms with Crippen molar-refractivity contribution < 1.29 is 74.0 Å². The van der Waals surface area contributed by atoms with Crippen LogP contribution in [0.1, 0.15) is 0 Å². The summed E-state index contributed by atoms with van der Waals surface area (Å²) >= 11 is 0. The summed E-state index contributed by atoms with van der Waals surface area (Å²) in [5, 5.41) is 14.8. The van der Waals surface area contributed by atoms with Crippen molar-refractivity contribution in [1.29, 1.82) is 0 Å². The van der Waals surface area contributed by atoms with Gasteiger partial charge in [-0.05, 0) is 0 Å². The van der Waals surface area contributed by atoms with Gasteiger partial charge < -0.3 is 26.0 Å². The number of nitrogens with zero attached hydrogens (tertiary/aromatic N) is 1. The van der Waals surface area contributed by atoms with Gasteiger partial charge in [0.2, 0.25) is 10.4 Å². The van der Waals surface area contributed by atoms with Crippen LogP contribution in [0.15, 0.2) is 0 Å². The molecule has 9 nitrogen and oxygen atoms in total. The molecule has 0 aliphatic carbocycles. The Labute approximate surface area is 104 Å². The van der Waals surface area contributed by atoms with Crippen molar-refractivity contribution in [3.8, 4) is 0 Å². The van der Waals surface area contributed by atoms with E-state index < -0.39 is 15.5 Å². The van der Waals surface area contributed by atoms with Crippen molar-refractivity contribution in [2.45, 2.75) is 0 Å². The first-order valence-electron chi connectivity index (χ1n) is 1.23. The van der Waals surface area contributed by atoms with E-state index in [-0.39, 0.29) is 57.5 Å². The van der Waals surface area contributed by atoms with E-state index in [2.05, 4.69) is 0 Å². The quantitative estimate of drug-likeness (QED) is 0.136. The van der Waals surface area contributed by atoms with Crippen LogP contribution in [0.4, 0.5) is 0 Å². The molecule has 11 heteroatoms. The minimum absolute atomic E-state index is 0. The van der Waals surface area contributed by atoms with Gasteiger partial charge in [-0.2, -0.15) is 0 Å². The minimum atomic E-state index is -4.92. The van der Waals surface area contributed by atoms with E-state index >= 15 is 0 Å². The van der Waals surface area contributed by atoms with Crippen LogP contribution in [0.2, 0.25) is 0 Å². The minimum Gasteiger partial charge on any atom is -0.726 e. The van der Waals surface area contributed by atoms with Gasteiger partial charge in [-0.25, -0.2) is 8.42 Å². The van der Waals surface area contributed by atoms with E-state index in [0.717, 1.165) is 0 Å². The molecule has 0 aliphatic rings. The number of rotatable bonds is 0. The van der Waals surface area contributed by atoms with Gasteiger partial charge in [0, 0.05) is 0 Å². The number of hydrogen-bond acceptors (Lipinski definition) is 6. The summed E-state index contributed by atoms with van der Waals surface area (Å²) in [6.45, 7) is 0. The van der Waals surface area contributed by atoms with Gasteiger partial charge >= 0.3 is 51.4 Å². The molecule has 0 fully saturated rings. The third-order valence-electron chi connectivity index (χ3n) is 0. The van der Waals surface area contributed by atoms with Gasteiger partial charge in [-0.1, -0.05) is 0 Å². The summed E-state index contributed by atoms with van der Waals surface area (Å²) in [6.07, 6.45) is 0.